The maximum absolute atomic E-state index is 13.2. The van der Waals surface area contributed by atoms with Crippen molar-refractivity contribution in [1.29, 1.82) is 0 Å². The molecule has 2 saturated heterocycles. The number of carbonyl (C=O) groups is 2. The normalized spacial score (nSPS) is 36.2. The van der Waals surface area contributed by atoms with Gasteiger partial charge in [0.1, 0.15) is 11.5 Å². The van der Waals surface area contributed by atoms with Crippen LogP contribution in [0.4, 0.5) is 5.69 Å². The van der Waals surface area contributed by atoms with Gasteiger partial charge >= 0.3 is 5.97 Å². The van der Waals surface area contributed by atoms with E-state index >= 15 is 0 Å². The zero-order valence-electron chi connectivity index (χ0n) is 13.4. The van der Waals surface area contributed by atoms with Crippen molar-refractivity contribution in [2.45, 2.75) is 31.1 Å². The SMILES string of the molecule is C=C(C)C[C@H]1N(c2ccccc2)C(=O)[C@H]2[C@H](C(=O)O)[C@@H]3C=C[C@@]21O3. The first-order valence-corrected chi connectivity index (χ1v) is 8.08. The Labute approximate surface area is 140 Å². The minimum Gasteiger partial charge on any atom is -0.481 e. The highest BCUT2D eigenvalue weighted by Crippen LogP contribution is 2.56. The molecule has 4 rings (SSSR count). The van der Waals surface area contributed by atoms with Crippen LogP contribution in [0, 0.1) is 11.8 Å². The third kappa shape index (κ3) is 1.85. The number of para-hydroxylation sites is 1. The highest BCUT2D eigenvalue weighted by atomic mass is 16.5. The lowest BCUT2D eigenvalue weighted by Crippen LogP contribution is -2.45. The molecule has 0 saturated carbocycles. The van der Waals surface area contributed by atoms with Gasteiger partial charge in [0.25, 0.3) is 0 Å². The number of carboxylic acids is 1. The van der Waals surface area contributed by atoms with E-state index in [1.54, 1.807) is 11.0 Å². The highest BCUT2D eigenvalue weighted by molar-refractivity contribution is 6.03. The van der Waals surface area contributed by atoms with Crippen molar-refractivity contribution >= 4 is 17.6 Å². The Morgan fingerprint density at radius 3 is 2.71 bits per heavy atom. The zero-order valence-corrected chi connectivity index (χ0v) is 13.4. The first-order chi connectivity index (χ1) is 11.5. The number of hydrogen-bond acceptors (Lipinski definition) is 3. The molecule has 3 heterocycles. The summed E-state index contributed by atoms with van der Waals surface area (Å²) in [5.74, 6) is -2.67. The van der Waals surface area contributed by atoms with Crippen LogP contribution >= 0.6 is 0 Å². The molecule has 1 N–H and O–H groups in total. The molecule has 5 nitrogen and oxygen atoms in total. The lowest BCUT2D eigenvalue weighted by atomic mass is 9.74. The molecule has 3 aliphatic rings. The lowest BCUT2D eigenvalue weighted by molar-refractivity contribution is -0.146. The molecule has 3 aliphatic heterocycles. The van der Waals surface area contributed by atoms with Crippen LogP contribution in [-0.4, -0.2) is 34.7 Å². The number of hydrogen-bond donors (Lipinski definition) is 1. The molecular formula is C19H19NO4. The number of anilines is 1. The molecule has 1 aromatic rings. The number of rotatable bonds is 4. The van der Waals surface area contributed by atoms with Crippen LogP contribution in [0.15, 0.2) is 54.6 Å². The van der Waals surface area contributed by atoms with Gasteiger partial charge < -0.3 is 14.7 Å². The number of carbonyl (C=O) groups excluding carboxylic acids is 1. The molecule has 1 aromatic carbocycles. The molecule has 0 radical (unpaired) electrons. The van der Waals surface area contributed by atoms with E-state index in [9.17, 15) is 14.7 Å². The number of nitrogens with zero attached hydrogens (tertiary/aromatic N) is 1. The highest BCUT2D eigenvalue weighted by Gasteiger charge is 2.71. The molecular weight excluding hydrogens is 306 g/mol. The molecule has 24 heavy (non-hydrogen) atoms. The number of benzene rings is 1. The standard InChI is InChI=1S/C19H19NO4/c1-11(2)10-14-19-9-8-13(24-19)15(18(22)23)16(19)17(21)20(14)12-6-4-3-5-7-12/h3-9,13-16H,1,10H2,2H3,(H,22,23)/t13-,14+,15+,16+,19-/m0/s1. The summed E-state index contributed by atoms with van der Waals surface area (Å²) < 4.78 is 6.10. The summed E-state index contributed by atoms with van der Waals surface area (Å²) in [6.45, 7) is 5.90. The van der Waals surface area contributed by atoms with E-state index in [1.807, 2.05) is 43.3 Å². The van der Waals surface area contributed by atoms with Crippen LogP contribution in [0.1, 0.15) is 13.3 Å². The van der Waals surface area contributed by atoms with E-state index in [1.165, 1.54) is 0 Å². The smallest absolute Gasteiger partial charge is 0.310 e. The van der Waals surface area contributed by atoms with Gasteiger partial charge in [0.05, 0.1) is 18.1 Å². The minimum atomic E-state index is -0.978. The number of aliphatic carboxylic acids is 1. The predicted molar refractivity (Wildman–Crippen MR) is 88.5 cm³/mol. The maximum Gasteiger partial charge on any atom is 0.310 e. The average molecular weight is 325 g/mol. The molecule has 2 fully saturated rings. The van der Waals surface area contributed by atoms with Crippen LogP contribution < -0.4 is 4.90 Å². The molecule has 0 unspecified atom stereocenters. The second-order valence-corrected chi connectivity index (χ2v) is 6.86. The minimum absolute atomic E-state index is 0.174. The molecule has 0 aliphatic carbocycles. The summed E-state index contributed by atoms with van der Waals surface area (Å²) in [6, 6.07) is 9.09. The van der Waals surface area contributed by atoms with E-state index < -0.39 is 29.5 Å². The molecule has 0 aromatic heterocycles. The van der Waals surface area contributed by atoms with Crippen molar-refractivity contribution < 1.29 is 19.4 Å². The second-order valence-electron chi connectivity index (χ2n) is 6.86. The van der Waals surface area contributed by atoms with Crippen LogP contribution in [0.3, 0.4) is 0 Å². The third-order valence-electron chi connectivity index (χ3n) is 5.28. The Hall–Kier alpha value is -2.40. The van der Waals surface area contributed by atoms with Crippen molar-refractivity contribution in [3.63, 3.8) is 0 Å². The summed E-state index contributed by atoms with van der Waals surface area (Å²) in [5, 5.41) is 9.62. The van der Waals surface area contributed by atoms with E-state index in [0.717, 1.165) is 11.3 Å². The van der Waals surface area contributed by atoms with Gasteiger partial charge in [-0.2, -0.15) is 0 Å². The fourth-order valence-corrected chi connectivity index (χ4v) is 4.41. The molecule has 2 bridgehead atoms. The van der Waals surface area contributed by atoms with E-state index in [0.29, 0.717) is 6.42 Å². The van der Waals surface area contributed by atoms with Gasteiger partial charge in [-0.05, 0) is 25.5 Å². The van der Waals surface area contributed by atoms with Crippen molar-refractivity contribution in [2.24, 2.45) is 11.8 Å². The quantitative estimate of drug-likeness (QED) is 0.863. The molecule has 5 atom stereocenters. The van der Waals surface area contributed by atoms with Crippen molar-refractivity contribution in [1.82, 2.24) is 0 Å². The largest absolute Gasteiger partial charge is 0.481 e. The Bertz CT molecular complexity index is 756. The maximum atomic E-state index is 13.2. The van der Waals surface area contributed by atoms with Gasteiger partial charge in [-0.1, -0.05) is 35.9 Å². The number of ether oxygens (including phenoxy) is 1. The van der Waals surface area contributed by atoms with Gasteiger partial charge in [-0.15, -0.1) is 6.58 Å². The number of carboxylic acid groups (broad SMARTS) is 1. The van der Waals surface area contributed by atoms with Crippen molar-refractivity contribution in [3.05, 3.63) is 54.6 Å². The van der Waals surface area contributed by atoms with Gasteiger partial charge in [0.15, 0.2) is 0 Å². The fourth-order valence-electron chi connectivity index (χ4n) is 4.41. The summed E-state index contributed by atoms with van der Waals surface area (Å²) in [7, 11) is 0. The topological polar surface area (TPSA) is 66.8 Å². The van der Waals surface area contributed by atoms with Gasteiger partial charge in [-0.25, -0.2) is 0 Å². The Morgan fingerprint density at radius 1 is 1.38 bits per heavy atom. The van der Waals surface area contributed by atoms with Crippen molar-refractivity contribution in [2.75, 3.05) is 4.90 Å². The Morgan fingerprint density at radius 2 is 2.08 bits per heavy atom. The van der Waals surface area contributed by atoms with Gasteiger partial charge in [0.2, 0.25) is 5.91 Å². The summed E-state index contributed by atoms with van der Waals surface area (Å²) >= 11 is 0. The molecule has 1 amide bonds. The van der Waals surface area contributed by atoms with E-state index in [4.69, 9.17) is 4.74 Å². The number of amides is 1. The Kier molecular flexibility index (Phi) is 3.18. The summed E-state index contributed by atoms with van der Waals surface area (Å²) in [6.07, 6.45) is 3.74. The Balaban J connectivity index is 1.85. The van der Waals surface area contributed by atoms with E-state index in [-0.39, 0.29) is 11.9 Å². The summed E-state index contributed by atoms with van der Waals surface area (Å²) in [4.78, 5) is 26.7. The van der Waals surface area contributed by atoms with E-state index in [2.05, 4.69) is 6.58 Å². The molecule has 124 valence electrons. The van der Waals surface area contributed by atoms with Crippen LogP contribution in [0.25, 0.3) is 0 Å². The van der Waals surface area contributed by atoms with Crippen LogP contribution in [0.2, 0.25) is 0 Å². The first kappa shape index (κ1) is 15.1. The third-order valence-corrected chi connectivity index (χ3v) is 5.28. The summed E-state index contributed by atoms with van der Waals surface area (Å²) in [5.41, 5.74) is 0.824. The molecule has 1 spiro atoms. The predicted octanol–water partition coefficient (Wildman–Crippen LogP) is 2.39. The van der Waals surface area contributed by atoms with Crippen molar-refractivity contribution in [3.8, 4) is 0 Å². The second kappa shape index (κ2) is 5.05. The fraction of sp³-hybridized carbons (Fsp3) is 0.368. The van der Waals surface area contributed by atoms with Crippen LogP contribution in [0.5, 0.6) is 0 Å². The molecule has 5 heteroatoms. The zero-order chi connectivity index (χ0) is 17.1. The first-order valence-electron chi connectivity index (χ1n) is 8.08. The van der Waals surface area contributed by atoms with Gasteiger partial charge in [0, 0.05) is 5.69 Å². The number of fused-ring (bicyclic) bond motifs is 1. The van der Waals surface area contributed by atoms with Gasteiger partial charge in [-0.3, -0.25) is 9.59 Å². The van der Waals surface area contributed by atoms with Crippen LogP contribution in [-0.2, 0) is 14.3 Å². The lowest BCUT2D eigenvalue weighted by Gasteiger charge is -2.33. The average Bonchev–Trinajstić information content (AvgIpc) is 3.17. The monoisotopic (exact) mass is 325 g/mol.